The standard InChI is InChI=1S/C14H17NO3/c1-2-11-9(5-3-8-13(16)17)14-10(15)6-4-7-12(14)18-11/h4,6-7H,2-3,5,8,15H2,1H3,(H,16,17). The fourth-order valence-corrected chi connectivity index (χ4v) is 2.26. The van der Waals surface area contributed by atoms with E-state index in [1.807, 2.05) is 25.1 Å². The van der Waals surface area contributed by atoms with Crippen LogP contribution in [0.4, 0.5) is 5.69 Å². The van der Waals surface area contributed by atoms with E-state index >= 15 is 0 Å². The number of carboxylic acid groups (broad SMARTS) is 1. The predicted octanol–water partition coefficient (Wildman–Crippen LogP) is 2.98. The second-order valence-corrected chi connectivity index (χ2v) is 4.33. The summed E-state index contributed by atoms with van der Waals surface area (Å²) in [4.78, 5) is 10.6. The van der Waals surface area contributed by atoms with Crippen molar-refractivity contribution in [3.63, 3.8) is 0 Å². The lowest BCUT2D eigenvalue weighted by Gasteiger charge is -2.02. The van der Waals surface area contributed by atoms with Gasteiger partial charge in [0.1, 0.15) is 11.3 Å². The molecule has 0 saturated heterocycles. The zero-order chi connectivity index (χ0) is 13.1. The number of nitrogens with two attached hydrogens (primary N) is 1. The second kappa shape index (κ2) is 5.12. The number of carbonyl (C=O) groups is 1. The smallest absolute Gasteiger partial charge is 0.303 e. The van der Waals surface area contributed by atoms with Crippen LogP contribution in [-0.2, 0) is 17.6 Å². The van der Waals surface area contributed by atoms with Gasteiger partial charge in [0.15, 0.2) is 0 Å². The summed E-state index contributed by atoms with van der Waals surface area (Å²) in [5.74, 6) is 0.141. The quantitative estimate of drug-likeness (QED) is 0.796. The van der Waals surface area contributed by atoms with Gasteiger partial charge in [-0.05, 0) is 25.0 Å². The highest BCUT2D eigenvalue weighted by atomic mass is 16.4. The van der Waals surface area contributed by atoms with Crippen molar-refractivity contribution >= 4 is 22.6 Å². The molecule has 0 aliphatic rings. The first-order chi connectivity index (χ1) is 8.63. The van der Waals surface area contributed by atoms with Gasteiger partial charge in [0.05, 0.1) is 0 Å². The van der Waals surface area contributed by atoms with E-state index in [2.05, 4.69) is 0 Å². The summed E-state index contributed by atoms with van der Waals surface area (Å²) >= 11 is 0. The Morgan fingerprint density at radius 2 is 2.22 bits per heavy atom. The van der Waals surface area contributed by atoms with Crippen LogP contribution in [0.2, 0.25) is 0 Å². The summed E-state index contributed by atoms with van der Waals surface area (Å²) in [5.41, 5.74) is 8.53. The van der Waals surface area contributed by atoms with Crippen LogP contribution in [-0.4, -0.2) is 11.1 Å². The van der Waals surface area contributed by atoms with Crippen molar-refractivity contribution in [1.29, 1.82) is 0 Å². The van der Waals surface area contributed by atoms with Gasteiger partial charge >= 0.3 is 5.97 Å². The van der Waals surface area contributed by atoms with Gasteiger partial charge in [0, 0.05) is 29.5 Å². The van der Waals surface area contributed by atoms with Crippen molar-refractivity contribution in [3.05, 3.63) is 29.5 Å². The number of furan rings is 1. The Morgan fingerprint density at radius 3 is 2.89 bits per heavy atom. The number of hydrogen-bond donors (Lipinski definition) is 2. The van der Waals surface area contributed by atoms with E-state index in [9.17, 15) is 4.79 Å². The van der Waals surface area contributed by atoms with Crippen molar-refractivity contribution in [2.24, 2.45) is 0 Å². The SMILES string of the molecule is CCc1oc2cccc(N)c2c1CCCC(=O)O. The summed E-state index contributed by atoms with van der Waals surface area (Å²) in [5, 5.41) is 9.63. The number of aryl methyl sites for hydroxylation is 2. The Morgan fingerprint density at radius 1 is 1.44 bits per heavy atom. The molecular weight excluding hydrogens is 230 g/mol. The van der Waals surface area contributed by atoms with Crippen molar-refractivity contribution in [3.8, 4) is 0 Å². The Hall–Kier alpha value is -1.97. The molecule has 0 spiro atoms. The number of benzene rings is 1. The number of fused-ring (bicyclic) bond motifs is 1. The first-order valence-electron chi connectivity index (χ1n) is 6.14. The lowest BCUT2D eigenvalue weighted by Crippen LogP contribution is -1.97. The van der Waals surface area contributed by atoms with E-state index in [0.29, 0.717) is 18.5 Å². The molecule has 0 aliphatic heterocycles. The van der Waals surface area contributed by atoms with E-state index in [0.717, 1.165) is 28.7 Å². The summed E-state index contributed by atoms with van der Waals surface area (Å²) in [6.45, 7) is 2.02. The number of nitrogen functional groups attached to an aromatic ring is 1. The number of anilines is 1. The van der Waals surface area contributed by atoms with Crippen LogP contribution in [0.15, 0.2) is 22.6 Å². The lowest BCUT2D eigenvalue weighted by atomic mass is 10.0. The monoisotopic (exact) mass is 247 g/mol. The van der Waals surface area contributed by atoms with Crippen LogP contribution >= 0.6 is 0 Å². The molecule has 0 bridgehead atoms. The molecule has 1 aromatic heterocycles. The number of carboxylic acids is 1. The first kappa shape index (κ1) is 12.5. The van der Waals surface area contributed by atoms with E-state index in [1.54, 1.807) is 0 Å². The van der Waals surface area contributed by atoms with Gasteiger partial charge in [-0.2, -0.15) is 0 Å². The molecular formula is C14H17NO3. The van der Waals surface area contributed by atoms with Gasteiger partial charge in [-0.1, -0.05) is 13.0 Å². The van der Waals surface area contributed by atoms with Gasteiger partial charge in [-0.3, -0.25) is 4.79 Å². The summed E-state index contributed by atoms with van der Waals surface area (Å²) in [6.07, 6.45) is 2.25. The Labute approximate surface area is 105 Å². The third-order valence-electron chi connectivity index (χ3n) is 3.07. The van der Waals surface area contributed by atoms with Crippen LogP contribution in [0.25, 0.3) is 11.0 Å². The molecule has 0 radical (unpaired) electrons. The molecule has 2 aromatic rings. The first-order valence-corrected chi connectivity index (χ1v) is 6.14. The largest absolute Gasteiger partial charge is 0.481 e. The van der Waals surface area contributed by atoms with Crippen LogP contribution in [0.1, 0.15) is 31.1 Å². The summed E-state index contributed by atoms with van der Waals surface area (Å²) in [6, 6.07) is 5.60. The Balaban J connectivity index is 2.37. The highest BCUT2D eigenvalue weighted by Gasteiger charge is 2.14. The number of rotatable bonds is 5. The van der Waals surface area contributed by atoms with Crippen molar-refractivity contribution in [2.75, 3.05) is 5.73 Å². The summed E-state index contributed by atoms with van der Waals surface area (Å²) in [7, 11) is 0. The van der Waals surface area contributed by atoms with Crippen LogP contribution in [0.3, 0.4) is 0 Å². The minimum absolute atomic E-state index is 0.169. The zero-order valence-corrected chi connectivity index (χ0v) is 10.4. The molecule has 0 aliphatic carbocycles. The normalized spacial score (nSPS) is 10.9. The molecule has 1 aromatic carbocycles. The third kappa shape index (κ3) is 2.32. The lowest BCUT2D eigenvalue weighted by molar-refractivity contribution is -0.137. The molecule has 0 fully saturated rings. The molecule has 18 heavy (non-hydrogen) atoms. The molecule has 0 amide bonds. The topological polar surface area (TPSA) is 76.5 Å². The van der Waals surface area contributed by atoms with Crippen LogP contribution in [0.5, 0.6) is 0 Å². The van der Waals surface area contributed by atoms with Crippen molar-refractivity contribution < 1.29 is 14.3 Å². The third-order valence-corrected chi connectivity index (χ3v) is 3.07. The van der Waals surface area contributed by atoms with Gasteiger partial charge in [-0.15, -0.1) is 0 Å². The summed E-state index contributed by atoms with van der Waals surface area (Å²) < 4.78 is 5.76. The predicted molar refractivity (Wildman–Crippen MR) is 70.6 cm³/mol. The van der Waals surface area contributed by atoms with Crippen LogP contribution in [0, 0.1) is 0 Å². The van der Waals surface area contributed by atoms with Crippen molar-refractivity contribution in [1.82, 2.24) is 0 Å². The maximum absolute atomic E-state index is 10.6. The number of hydrogen-bond acceptors (Lipinski definition) is 3. The fraction of sp³-hybridized carbons (Fsp3) is 0.357. The molecule has 2 rings (SSSR count). The van der Waals surface area contributed by atoms with Gasteiger partial charge in [0.2, 0.25) is 0 Å². The van der Waals surface area contributed by atoms with Crippen molar-refractivity contribution in [2.45, 2.75) is 32.6 Å². The molecule has 3 N–H and O–H groups in total. The average Bonchev–Trinajstić information content (AvgIpc) is 2.68. The van der Waals surface area contributed by atoms with E-state index in [4.69, 9.17) is 15.3 Å². The molecule has 0 unspecified atom stereocenters. The molecule has 1 heterocycles. The van der Waals surface area contributed by atoms with Gasteiger partial charge in [0.25, 0.3) is 0 Å². The molecule has 4 heteroatoms. The molecule has 96 valence electrons. The van der Waals surface area contributed by atoms with E-state index in [1.165, 1.54) is 0 Å². The minimum Gasteiger partial charge on any atom is -0.481 e. The molecule has 0 atom stereocenters. The highest BCUT2D eigenvalue weighted by Crippen LogP contribution is 2.31. The van der Waals surface area contributed by atoms with E-state index < -0.39 is 5.97 Å². The number of aliphatic carboxylic acids is 1. The fourth-order valence-electron chi connectivity index (χ4n) is 2.26. The Kier molecular flexibility index (Phi) is 3.55. The minimum atomic E-state index is -0.770. The average molecular weight is 247 g/mol. The maximum Gasteiger partial charge on any atom is 0.303 e. The van der Waals surface area contributed by atoms with Gasteiger partial charge < -0.3 is 15.3 Å². The Bertz CT molecular complexity index is 572. The second-order valence-electron chi connectivity index (χ2n) is 4.33. The van der Waals surface area contributed by atoms with E-state index in [-0.39, 0.29) is 6.42 Å². The molecule has 4 nitrogen and oxygen atoms in total. The zero-order valence-electron chi connectivity index (χ0n) is 10.4. The van der Waals surface area contributed by atoms with Crippen LogP contribution < -0.4 is 5.73 Å². The maximum atomic E-state index is 10.6. The molecule has 0 saturated carbocycles. The van der Waals surface area contributed by atoms with Gasteiger partial charge in [-0.25, -0.2) is 0 Å². The highest BCUT2D eigenvalue weighted by molar-refractivity contribution is 5.93.